The van der Waals surface area contributed by atoms with Crippen molar-refractivity contribution in [2.24, 2.45) is 13.0 Å². The maximum absolute atomic E-state index is 4.49. The third-order valence-electron chi connectivity index (χ3n) is 4.14. The Hall–Kier alpha value is -0.830. The van der Waals surface area contributed by atoms with Gasteiger partial charge in [0.15, 0.2) is 0 Å². The fraction of sp³-hybridized carbons (Fsp3) is 0.786. The van der Waals surface area contributed by atoms with E-state index in [1.807, 2.05) is 11.7 Å². The summed E-state index contributed by atoms with van der Waals surface area (Å²) in [5, 5.41) is 7.95. The molecule has 3 nitrogen and oxygen atoms in total. The van der Waals surface area contributed by atoms with Crippen LogP contribution in [0.25, 0.3) is 0 Å². The Bertz CT molecular complexity index is 377. The predicted octanol–water partition coefficient (Wildman–Crippen LogP) is 2.36. The molecule has 3 heteroatoms. The van der Waals surface area contributed by atoms with Crippen molar-refractivity contribution in [3.63, 3.8) is 0 Å². The minimum atomic E-state index is 0.609. The zero-order valence-corrected chi connectivity index (χ0v) is 11.6. The molecule has 1 unspecified atom stereocenters. The van der Waals surface area contributed by atoms with Crippen molar-refractivity contribution < 1.29 is 0 Å². The molecule has 0 aliphatic heterocycles. The summed E-state index contributed by atoms with van der Waals surface area (Å²) in [7, 11) is 4.11. The molecule has 1 aromatic rings. The molecule has 1 N–H and O–H groups in total. The van der Waals surface area contributed by atoms with Crippen molar-refractivity contribution >= 4 is 0 Å². The van der Waals surface area contributed by atoms with Crippen LogP contribution in [0.4, 0.5) is 0 Å². The highest BCUT2D eigenvalue weighted by Crippen LogP contribution is 2.34. The van der Waals surface area contributed by atoms with Gasteiger partial charge in [0.1, 0.15) is 0 Å². The third-order valence-corrected chi connectivity index (χ3v) is 4.14. The lowest BCUT2D eigenvalue weighted by Crippen LogP contribution is -2.28. The molecule has 1 aliphatic rings. The van der Waals surface area contributed by atoms with Crippen LogP contribution >= 0.6 is 0 Å². The summed E-state index contributed by atoms with van der Waals surface area (Å²) < 4.78 is 2.00. The van der Waals surface area contributed by atoms with Gasteiger partial charge >= 0.3 is 0 Å². The van der Waals surface area contributed by atoms with Gasteiger partial charge in [-0.3, -0.25) is 4.68 Å². The summed E-state index contributed by atoms with van der Waals surface area (Å²) >= 11 is 0. The summed E-state index contributed by atoms with van der Waals surface area (Å²) in [4.78, 5) is 0. The van der Waals surface area contributed by atoms with Gasteiger partial charge in [0.05, 0.1) is 5.69 Å². The molecule has 0 amide bonds. The molecule has 0 aromatic carbocycles. The van der Waals surface area contributed by atoms with E-state index in [0.717, 1.165) is 12.3 Å². The standard InChI is InChI=1S/C14H25N3/c1-10-14(11(2)17(4)16-10)9-13(15-3)8-7-12-5-6-12/h12-13,15H,5-9H2,1-4H3. The average molecular weight is 235 g/mol. The fourth-order valence-corrected chi connectivity index (χ4v) is 2.55. The Morgan fingerprint density at radius 3 is 2.59 bits per heavy atom. The second kappa shape index (κ2) is 5.21. The quantitative estimate of drug-likeness (QED) is 0.820. The number of nitrogens with one attached hydrogen (secondary N) is 1. The van der Waals surface area contributed by atoms with Gasteiger partial charge in [-0.25, -0.2) is 0 Å². The van der Waals surface area contributed by atoms with Crippen molar-refractivity contribution in [1.29, 1.82) is 0 Å². The molecule has 96 valence electrons. The Kier molecular flexibility index (Phi) is 3.87. The SMILES string of the molecule is CNC(CCC1CC1)Cc1c(C)nn(C)c1C. The molecule has 0 spiro atoms. The first-order valence-corrected chi connectivity index (χ1v) is 6.78. The van der Waals surface area contributed by atoms with Crippen LogP contribution in [0, 0.1) is 19.8 Å². The molecule has 1 atom stereocenters. The van der Waals surface area contributed by atoms with Crippen LogP contribution in [0.2, 0.25) is 0 Å². The van der Waals surface area contributed by atoms with Gasteiger partial charge in [0.25, 0.3) is 0 Å². The molecule has 17 heavy (non-hydrogen) atoms. The molecule has 1 fully saturated rings. The number of aryl methyl sites for hydroxylation is 2. The molecule has 1 saturated carbocycles. The fourth-order valence-electron chi connectivity index (χ4n) is 2.55. The first-order valence-electron chi connectivity index (χ1n) is 6.78. The van der Waals surface area contributed by atoms with Crippen molar-refractivity contribution in [2.75, 3.05) is 7.05 Å². The lowest BCUT2D eigenvalue weighted by Gasteiger charge is -2.16. The molecule has 0 bridgehead atoms. The normalized spacial score (nSPS) is 17.4. The van der Waals surface area contributed by atoms with Crippen LogP contribution < -0.4 is 5.32 Å². The van der Waals surface area contributed by atoms with E-state index in [1.165, 1.54) is 42.6 Å². The van der Waals surface area contributed by atoms with Crippen molar-refractivity contribution in [3.8, 4) is 0 Å². The number of nitrogens with zero attached hydrogens (tertiary/aromatic N) is 2. The average Bonchev–Trinajstić information content (AvgIpc) is 3.08. The Labute approximate surface area is 105 Å². The molecular weight excluding hydrogens is 210 g/mol. The van der Waals surface area contributed by atoms with Gasteiger partial charge in [-0.1, -0.05) is 12.8 Å². The van der Waals surface area contributed by atoms with E-state index in [-0.39, 0.29) is 0 Å². The van der Waals surface area contributed by atoms with E-state index in [0.29, 0.717) is 6.04 Å². The first-order chi connectivity index (χ1) is 8.11. The summed E-state index contributed by atoms with van der Waals surface area (Å²) in [6.45, 7) is 4.29. The summed E-state index contributed by atoms with van der Waals surface area (Å²) in [6.07, 6.45) is 6.73. The number of aromatic nitrogens is 2. The van der Waals surface area contributed by atoms with E-state index in [9.17, 15) is 0 Å². The Morgan fingerprint density at radius 1 is 1.41 bits per heavy atom. The molecule has 1 aromatic heterocycles. The van der Waals surface area contributed by atoms with Crippen molar-refractivity contribution in [1.82, 2.24) is 15.1 Å². The van der Waals surface area contributed by atoms with E-state index in [4.69, 9.17) is 0 Å². The Balaban J connectivity index is 1.95. The lowest BCUT2D eigenvalue weighted by molar-refractivity contribution is 0.483. The van der Waals surface area contributed by atoms with Crippen molar-refractivity contribution in [2.45, 2.75) is 52.0 Å². The number of hydrogen-bond donors (Lipinski definition) is 1. The Morgan fingerprint density at radius 2 is 2.12 bits per heavy atom. The third kappa shape index (κ3) is 3.09. The molecule has 1 aliphatic carbocycles. The van der Waals surface area contributed by atoms with Gasteiger partial charge in [0.2, 0.25) is 0 Å². The summed E-state index contributed by atoms with van der Waals surface area (Å²) in [5.74, 6) is 1.03. The van der Waals surface area contributed by atoms with Crippen LogP contribution in [-0.4, -0.2) is 22.9 Å². The molecular formula is C14H25N3. The summed E-state index contributed by atoms with van der Waals surface area (Å²) in [5.41, 5.74) is 3.94. The smallest absolute Gasteiger partial charge is 0.0628 e. The van der Waals surface area contributed by atoms with Crippen LogP contribution in [0.1, 0.15) is 42.6 Å². The first kappa shape index (κ1) is 12.6. The second-order valence-electron chi connectivity index (χ2n) is 5.48. The van der Waals surface area contributed by atoms with Crippen LogP contribution in [0.3, 0.4) is 0 Å². The van der Waals surface area contributed by atoms with Crippen molar-refractivity contribution in [3.05, 3.63) is 17.0 Å². The molecule has 0 saturated heterocycles. The highest BCUT2D eigenvalue weighted by molar-refractivity contribution is 5.25. The molecule has 0 radical (unpaired) electrons. The molecule has 2 rings (SSSR count). The van der Waals surface area contributed by atoms with E-state index in [1.54, 1.807) is 0 Å². The maximum atomic E-state index is 4.49. The highest BCUT2D eigenvalue weighted by atomic mass is 15.3. The topological polar surface area (TPSA) is 29.9 Å². The van der Waals surface area contributed by atoms with E-state index >= 15 is 0 Å². The highest BCUT2D eigenvalue weighted by Gasteiger charge is 2.23. The number of likely N-dealkylation sites (N-methyl/N-ethyl adjacent to an activating group) is 1. The zero-order valence-electron chi connectivity index (χ0n) is 11.6. The zero-order chi connectivity index (χ0) is 12.4. The second-order valence-corrected chi connectivity index (χ2v) is 5.48. The van der Waals surface area contributed by atoms with Crippen LogP contribution in [-0.2, 0) is 13.5 Å². The van der Waals surface area contributed by atoms with Gasteiger partial charge in [-0.05, 0) is 51.6 Å². The monoisotopic (exact) mass is 235 g/mol. The summed E-state index contributed by atoms with van der Waals surface area (Å²) in [6, 6.07) is 0.609. The van der Waals surface area contributed by atoms with Gasteiger partial charge in [0, 0.05) is 18.8 Å². The lowest BCUT2D eigenvalue weighted by atomic mass is 9.99. The minimum Gasteiger partial charge on any atom is -0.317 e. The maximum Gasteiger partial charge on any atom is 0.0628 e. The predicted molar refractivity (Wildman–Crippen MR) is 71.2 cm³/mol. The molecule has 1 heterocycles. The van der Waals surface area contributed by atoms with E-state index < -0.39 is 0 Å². The van der Waals surface area contributed by atoms with Gasteiger partial charge < -0.3 is 5.32 Å². The van der Waals surface area contributed by atoms with Crippen LogP contribution in [0.5, 0.6) is 0 Å². The number of rotatable bonds is 6. The van der Waals surface area contributed by atoms with Gasteiger partial charge in [-0.15, -0.1) is 0 Å². The number of hydrogen-bond acceptors (Lipinski definition) is 2. The minimum absolute atomic E-state index is 0.609. The van der Waals surface area contributed by atoms with Gasteiger partial charge in [-0.2, -0.15) is 5.10 Å². The van der Waals surface area contributed by atoms with E-state index in [2.05, 4.69) is 31.3 Å². The largest absolute Gasteiger partial charge is 0.317 e. The van der Waals surface area contributed by atoms with Crippen LogP contribution in [0.15, 0.2) is 0 Å².